The second-order valence-electron chi connectivity index (χ2n) is 13.1. The first-order valence-corrected chi connectivity index (χ1v) is 16.1. The van der Waals surface area contributed by atoms with Gasteiger partial charge in [0, 0.05) is 37.6 Å². The van der Waals surface area contributed by atoms with Crippen molar-refractivity contribution in [3.05, 3.63) is 85.0 Å². The molecule has 2 bridgehead atoms. The van der Waals surface area contributed by atoms with Crippen LogP contribution in [0.4, 0.5) is 11.4 Å². The number of likely N-dealkylation sites (tertiary alicyclic amines) is 1. The van der Waals surface area contributed by atoms with E-state index in [1.165, 1.54) is 0 Å². The minimum Gasteiger partial charge on any atom is -0.396 e. The fourth-order valence-corrected chi connectivity index (χ4v) is 8.23. The fourth-order valence-electron chi connectivity index (χ4n) is 8.23. The topological polar surface area (TPSA) is 90.4 Å². The molecule has 1 spiro atoms. The first kappa shape index (κ1) is 32.6. The van der Waals surface area contributed by atoms with Crippen LogP contribution < -0.4 is 9.80 Å². The molecule has 0 aromatic heterocycles. The number of carbonyl (C=O) groups is 3. The van der Waals surface area contributed by atoms with Gasteiger partial charge < -0.3 is 24.5 Å². The van der Waals surface area contributed by atoms with E-state index in [2.05, 4.69) is 20.1 Å². The molecule has 8 nitrogen and oxygen atoms in total. The Morgan fingerprint density at radius 2 is 1.62 bits per heavy atom. The van der Waals surface area contributed by atoms with Gasteiger partial charge in [0.25, 0.3) is 5.91 Å². The second-order valence-corrected chi connectivity index (χ2v) is 13.1. The molecule has 3 unspecified atom stereocenters. The highest BCUT2D eigenvalue weighted by Gasteiger charge is 2.80. The molecule has 1 N–H and O–H groups in total. The predicted octanol–water partition coefficient (Wildman–Crippen LogP) is 5.21. The Balaban J connectivity index is 1.62. The lowest BCUT2D eigenvalue weighted by Gasteiger charge is -2.39. The number of hydrogen-bond acceptors (Lipinski definition) is 5. The third-order valence-corrected chi connectivity index (χ3v) is 10.3. The number of anilines is 2. The zero-order valence-corrected chi connectivity index (χ0v) is 27.1. The first-order valence-electron chi connectivity index (χ1n) is 16.1. The molecule has 6 atom stereocenters. The molecule has 240 valence electrons. The predicted molar refractivity (Wildman–Crippen MR) is 177 cm³/mol. The van der Waals surface area contributed by atoms with Crippen molar-refractivity contribution in [2.24, 2.45) is 17.8 Å². The summed E-state index contributed by atoms with van der Waals surface area (Å²) in [5.41, 5.74) is 1.33. The summed E-state index contributed by atoms with van der Waals surface area (Å²) < 4.78 is 7.02. The Morgan fingerprint density at radius 3 is 2.24 bits per heavy atom. The van der Waals surface area contributed by atoms with E-state index in [1.807, 2.05) is 69.3 Å². The van der Waals surface area contributed by atoms with Crippen molar-refractivity contribution in [2.75, 3.05) is 36.0 Å². The molecule has 3 aliphatic rings. The summed E-state index contributed by atoms with van der Waals surface area (Å²) in [6, 6.07) is 14.4. The molecule has 2 aromatic rings. The van der Waals surface area contributed by atoms with E-state index in [0.717, 1.165) is 22.5 Å². The van der Waals surface area contributed by atoms with Crippen LogP contribution in [0, 0.1) is 31.6 Å². The number of aliphatic hydroxyl groups is 1. The van der Waals surface area contributed by atoms with Crippen molar-refractivity contribution in [1.29, 1.82) is 0 Å². The molecule has 3 saturated heterocycles. The van der Waals surface area contributed by atoms with E-state index in [0.29, 0.717) is 32.2 Å². The number of rotatable bonds is 13. The fraction of sp³-hybridized carbons (Fsp3) is 0.486. The smallest absolute Gasteiger partial charge is 0.253 e. The average molecular weight is 614 g/mol. The Bertz CT molecular complexity index is 1440. The molecule has 3 fully saturated rings. The molecule has 2 aromatic carbocycles. The maximum atomic E-state index is 15.0. The summed E-state index contributed by atoms with van der Waals surface area (Å²) in [5.74, 6) is -2.29. The van der Waals surface area contributed by atoms with Crippen LogP contribution in [0.1, 0.15) is 50.7 Å². The Labute approximate surface area is 267 Å². The molecule has 3 aliphatic heterocycles. The van der Waals surface area contributed by atoms with Gasteiger partial charge in [-0.3, -0.25) is 14.4 Å². The van der Waals surface area contributed by atoms with Crippen LogP contribution in [-0.4, -0.2) is 71.2 Å². The minimum absolute atomic E-state index is 0.0662. The van der Waals surface area contributed by atoms with E-state index in [1.54, 1.807) is 26.9 Å². The highest BCUT2D eigenvalue weighted by Crippen LogP contribution is 2.65. The molecule has 8 heteroatoms. The van der Waals surface area contributed by atoms with Gasteiger partial charge >= 0.3 is 0 Å². The number of aliphatic hydroxyl groups excluding tert-OH is 1. The molecular formula is C37H47N3O5. The lowest BCUT2D eigenvalue weighted by atomic mass is 9.62. The standard InChI is InChI=1S/C37H47N3O5/c1-7-20-38(28-18-11-9-12-19-28)33(42)29-30-34(43)40(22-13-10-14-23-41)32(37(30)24-27(5)36(29,6)45-37)35(44)39(21-8-2)31-25(3)16-15-17-26(31)4/h7-9,11-12,15-19,27,29-30,32,41H,1-2,10,13-14,20-24H2,3-6H3/t27?,29-,30-,32?,36+,37?/m0/s1. The van der Waals surface area contributed by atoms with Crippen molar-refractivity contribution in [1.82, 2.24) is 4.90 Å². The summed E-state index contributed by atoms with van der Waals surface area (Å²) in [5, 5.41) is 9.40. The molecule has 3 heterocycles. The van der Waals surface area contributed by atoms with Crippen LogP contribution in [0.2, 0.25) is 0 Å². The van der Waals surface area contributed by atoms with Gasteiger partial charge in [0.15, 0.2) is 0 Å². The van der Waals surface area contributed by atoms with Gasteiger partial charge in [-0.2, -0.15) is 0 Å². The first-order chi connectivity index (χ1) is 21.6. The van der Waals surface area contributed by atoms with Crippen LogP contribution in [0.3, 0.4) is 0 Å². The van der Waals surface area contributed by atoms with E-state index >= 15 is 4.79 Å². The van der Waals surface area contributed by atoms with Crippen LogP contribution in [-0.2, 0) is 19.1 Å². The summed E-state index contributed by atoms with van der Waals surface area (Å²) >= 11 is 0. The van der Waals surface area contributed by atoms with Gasteiger partial charge in [-0.15, -0.1) is 13.2 Å². The Hall–Kier alpha value is -3.75. The van der Waals surface area contributed by atoms with Crippen molar-refractivity contribution in [3.8, 4) is 0 Å². The largest absolute Gasteiger partial charge is 0.396 e. The van der Waals surface area contributed by atoms with Crippen molar-refractivity contribution >= 4 is 29.1 Å². The number of fused-ring (bicyclic) bond motifs is 1. The third kappa shape index (κ3) is 5.32. The number of amides is 3. The maximum absolute atomic E-state index is 15.0. The van der Waals surface area contributed by atoms with Crippen LogP contribution in [0.5, 0.6) is 0 Å². The number of ether oxygens (including phenoxy) is 1. The normalized spacial score (nSPS) is 28.2. The number of aryl methyl sites for hydroxylation is 2. The highest BCUT2D eigenvalue weighted by molar-refractivity contribution is 6.07. The highest BCUT2D eigenvalue weighted by atomic mass is 16.5. The summed E-state index contributed by atoms with van der Waals surface area (Å²) in [7, 11) is 0. The van der Waals surface area contributed by atoms with Crippen LogP contribution >= 0.6 is 0 Å². The maximum Gasteiger partial charge on any atom is 0.253 e. The quantitative estimate of drug-likeness (QED) is 0.247. The third-order valence-electron chi connectivity index (χ3n) is 10.3. The van der Waals surface area contributed by atoms with E-state index in [4.69, 9.17) is 4.74 Å². The average Bonchev–Trinajstić information content (AvgIpc) is 3.53. The van der Waals surface area contributed by atoms with Crippen molar-refractivity contribution in [2.45, 2.75) is 70.6 Å². The number of benzene rings is 2. The number of carbonyl (C=O) groups excluding carboxylic acids is 3. The number of unbranched alkanes of at least 4 members (excludes halogenated alkanes) is 2. The van der Waals surface area contributed by atoms with E-state index in [-0.39, 0.29) is 43.3 Å². The lowest BCUT2D eigenvalue weighted by molar-refractivity contribution is -0.145. The molecule has 0 aliphatic carbocycles. The van der Waals surface area contributed by atoms with E-state index in [9.17, 15) is 14.7 Å². The molecule has 45 heavy (non-hydrogen) atoms. The molecule has 0 radical (unpaired) electrons. The Kier molecular flexibility index (Phi) is 9.38. The van der Waals surface area contributed by atoms with E-state index < -0.39 is 29.1 Å². The summed E-state index contributed by atoms with van der Waals surface area (Å²) in [4.78, 5) is 49.5. The molecule has 3 amide bonds. The van der Waals surface area contributed by atoms with Crippen molar-refractivity contribution in [3.63, 3.8) is 0 Å². The number of nitrogens with zero attached hydrogens (tertiary/aromatic N) is 3. The van der Waals surface area contributed by atoms with Gasteiger partial charge in [0.05, 0.1) is 17.4 Å². The van der Waals surface area contributed by atoms with Gasteiger partial charge in [-0.25, -0.2) is 0 Å². The van der Waals surface area contributed by atoms with Crippen molar-refractivity contribution < 1.29 is 24.2 Å². The number of para-hydroxylation sites is 2. The summed E-state index contributed by atoms with van der Waals surface area (Å²) in [6.45, 7) is 16.8. The second kappa shape index (κ2) is 12.9. The van der Waals surface area contributed by atoms with Gasteiger partial charge in [0.2, 0.25) is 11.8 Å². The molecule has 5 rings (SSSR count). The minimum atomic E-state index is -1.16. The van der Waals surface area contributed by atoms with Gasteiger partial charge in [-0.05, 0) is 75.6 Å². The van der Waals surface area contributed by atoms with Gasteiger partial charge in [0.1, 0.15) is 11.6 Å². The Morgan fingerprint density at radius 1 is 0.978 bits per heavy atom. The monoisotopic (exact) mass is 613 g/mol. The lowest BCUT2D eigenvalue weighted by Crippen LogP contribution is -2.57. The SMILES string of the molecule is C=CCN(C(=O)[C@@H]1[C@H]2C(=O)N(CCCCCO)C(C(=O)N(CC=C)c3c(C)cccc3C)C23CC(C)[C@@]1(C)O3)c1ccccc1. The van der Waals surface area contributed by atoms with Crippen LogP contribution in [0.15, 0.2) is 73.8 Å². The van der Waals surface area contributed by atoms with Gasteiger partial charge in [-0.1, -0.05) is 55.5 Å². The van der Waals surface area contributed by atoms with Crippen LogP contribution in [0.25, 0.3) is 0 Å². The zero-order chi connectivity index (χ0) is 32.5. The zero-order valence-electron chi connectivity index (χ0n) is 27.1. The molecular weight excluding hydrogens is 566 g/mol. The summed E-state index contributed by atoms with van der Waals surface area (Å²) in [6.07, 6.45) is 5.84. The molecule has 0 saturated carbocycles. The number of hydrogen-bond donors (Lipinski definition) is 1.